The molecular weight excluding hydrogens is 264 g/mol. The van der Waals surface area contributed by atoms with Crippen LogP contribution < -0.4 is 16.4 Å². The number of nitrogens with two attached hydrogens (primary N) is 1. The summed E-state index contributed by atoms with van der Waals surface area (Å²) in [5, 5.41) is 6.57. The molecule has 1 aliphatic heterocycles. The van der Waals surface area contributed by atoms with Gasteiger partial charge in [0.1, 0.15) is 0 Å². The van der Waals surface area contributed by atoms with Crippen molar-refractivity contribution in [1.82, 2.24) is 10.2 Å². The minimum Gasteiger partial charge on any atom is -0.399 e. The molecule has 0 aromatic heterocycles. The Balaban J connectivity index is 1.99. The number of piperazine rings is 1. The molecule has 1 aliphatic rings. The highest BCUT2D eigenvalue weighted by molar-refractivity contribution is 6.34. The van der Waals surface area contributed by atoms with Gasteiger partial charge in [0.2, 0.25) is 5.91 Å². The van der Waals surface area contributed by atoms with Gasteiger partial charge in [-0.25, -0.2) is 0 Å². The molecule has 0 saturated carbocycles. The number of nitrogens with one attached hydrogen (secondary N) is 2. The number of carbonyl (C=O) groups excluding carboxylic acids is 1. The van der Waals surface area contributed by atoms with Crippen LogP contribution in [0.5, 0.6) is 0 Å². The number of carbonyl (C=O) groups is 1. The molecule has 4 N–H and O–H groups in total. The van der Waals surface area contributed by atoms with E-state index in [1.165, 1.54) is 0 Å². The average Bonchev–Trinajstić information content (AvgIpc) is 2.42. The fourth-order valence-electron chi connectivity index (χ4n) is 2.11. The summed E-state index contributed by atoms with van der Waals surface area (Å²) in [6, 6.07) is 4.90. The number of halogens is 1. The van der Waals surface area contributed by atoms with E-state index in [0.717, 1.165) is 26.2 Å². The largest absolute Gasteiger partial charge is 0.399 e. The molecule has 1 atom stereocenters. The molecule has 1 aromatic rings. The van der Waals surface area contributed by atoms with Crippen molar-refractivity contribution in [2.75, 3.05) is 37.2 Å². The Kier molecular flexibility index (Phi) is 4.63. The molecular formula is C13H19ClN4O. The topological polar surface area (TPSA) is 70.4 Å². The van der Waals surface area contributed by atoms with Crippen molar-refractivity contribution < 1.29 is 4.79 Å². The first-order valence-electron chi connectivity index (χ1n) is 6.38. The van der Waals surface area contributed by atoms with Crippen molar-refractivity contribution in [3.05, 3.63) is 23.2 Å². The van der Waals surface area contributed by atoms with Gasteiger partial charge in [0.25, 0.3) is 0 Å². The second-order valence-corrected chi connectivity index (χ2v) is 5.10. The minimum absolute atomic E-state index is 0.0476. The number of hydrogen-bond donors (Lipinski definition) is 3. The number of amides is 1. The summed E-state index contributed by atoms with van der Waals surface area (Å²) in [5.74, 6) is -0.0476. The van der Waals surface area contributed by atoms with Crippen LogP contribution in [-0.4, -0.2) is 43.0 Å². The summed E-state index contributed by atoms with van der Waals surface area (Å²) < 4.78 is 0. The van der Waals surface area contributed by atoms with E-state index in [1.807, 2.05) is 6.92 Å². The zero-order chi connectivity index (χ0) is 13.8. The molecule has 1 heterocycles. The quantitative estimate of drug-likeness (QED) is 0.728. The van der Waals surface area contributed by atoms with Crippen molar-refractivity contribution in [2.24, 2.45) is 0 Å². The van der Waals surface area contributed by atoms with Gasteiger partial charge in [-0.05, 0) is 25.1 Å². The van der Waals surface area contributed by atoms with E-state index in [-0.39, 0.29) is 11.9 Å². The maximum Gasteiger partial charge on any atom is 0.241 e. The molecule has 2 rings (SSSR count). The molecule has 19 heavy (non-hydrogen) atoms. The van der Waals surface area contributed by atoms with Gasteiger partial charge < -0.3 is 16.4 Å². The van der Waals surface area contributed by atoms with Gasteiger partial charge in [0.05, 0.1) is 16.8 Å². The zero-order valence-corrected chi connectivity index (χ0v) is 11.7. The van der Waals surface area contributed by atoms with Gasteiger partial charge in [-0.3, -0.25) is 9.69 Å². The smallest absolute Gasteiger partial charge is 0.241 e. The molecule has 6 heteroatoms. The molecule has 5 nitrogen and oxygen atoms in total. The number of rotatable bonds is 3. The van der Waals surface area contributed by atoms with E-state index < -0.39 is 0 Å². The number of hydrogen-bond acceptors (Lipinski definition) is 4. The van der Waals surface area contributed by atoms with Crippen LogP contribution in [0, 0.1) is 0 Å². The van der Waals surface area contributed by atoms with Crippen LogP contribution in [0.25, 0.3) is 0 Å². The lowest BCUT2D eigenvalue weighted by Gasteiger charge is -2.31. The molecule has 0 radical (unpaired) electrons. The minimum atomic E-state index is -0.171. The van der Waals surface area contributed by atoms with Crippen LogP contribution in [0.15, 0.2) is 18.2 Å². The first-order chi connectivity index (χ1) is 9.08. The Morgan fingerprint density at radius 2 is 2.16 bits per heavy atom. The molecule has 0 bridgehead atoms. The van der Waals surface area contributed by atoms with Gasteiger partial charge in [-0.2, -0.15) is 0 Å². The van der Waals surface area contributed by atoms with Crippen LogP contribution in [0.2, 0.25) is 5.02 Å². The third-order valence-corrected chi connectivity index (χ3v) is 3.64. The first kappa shape index (κ1) is 14.1. The van der Waals surface area contributed by atoms with E-state index in [1.54, 1.807) is 18.2 Å². The van der Waals surface area contributed by atoms with Crippen molar-refractivity contribution in [1.29, 1.82) is 0 Å². The second-order valence-electron chi connectivity index (χ2n) is 4.69. The Labute approximate surface area is 118 Å². The predicted molar refractivity (Wildman–Crippen MR) is 78.4 cm³/mol. The summed E-state index contributed by atoms with van der Waals surface area (Å²) in [4.78, 5) is 14.3. The fourth-order valence-corrected chi connectivity index (χ4v) is 2.34. The van der Waals surface area contributed by atoms with E-state index in [2.05, 4.69) is 15.5 Å². The highest BCUT2D eigenvalue weighted by atomic mass is 35.5. The van der Waals surface area contributed by atoms with E-state index >= 15 is 0 Å². The van der Waals surface area contributed by atoms with Gasteiger partial charge in [0.15, 0.2) is 0 Å². The number of benzene rings is 1. The summed E-state index contributed by atoms with van der Waals surface area (Å²) in [7, 11) is 0. The number of anilines is 2. The molecule has 0 aliphatic carbocycles. The maximum absolute atomic E-state index is 12.2. The Morgan fingerprint density at radius 3 is 2.79 bits per heavy atom. The molecule has 104 valence electrons. The summed E-state index contributed by atoms with van der Waals surface area (Å²) in [6.07, 6.45) is 0. The maximum atomic E-state index is 12.2. The lowest BCUT2D eigenvalue weighted by Crippen LogP contribution is -2.51. The Bertz CT molecular complexity index is 460. The molecule has 1 unspecified atom stereocenters. The Morgan fingerprint density at radius 1 is 1.47 bits per heavy atom. The third kappa shape index (κ3) is 3.59. The average molecular weight is 283 g/mol. The van der Waals surface area contributed by atoms with Gasteiger partial charge in [-0.1, -0.05) is 11.6 Å². The molecule has 1 aromatic carbocycles. The van der Waals surface area contributed by atoms with Crippen molar-refractivity contribution >= 4 is 28.9 Å². The summed E-state index contributed by atoms with van der Waals surface area (Å²) in [5.41, 5.74) is 6.80. The first-order valence-corrected chi connectivity index (χ1v) is 6.76. The standard InChI is InChI=1S/C13H19ClN4O/c1-9(18-6-4-16-5-7-18)13(19)17-12-3-2-10(15)8-11(12)14/h2-3,8-9,16H,4-7,15H2,1H3,(H,17,19). The highest BCUT2D eigenvalue weighted by Crippen LogP contribution is 2.24. The van der Waals surface area contributed by atoms with Crippen molar-refractivity contribution in [2.45, 2.75) is 13.0 Å². The van der Waals surface area contributed by atoms with Gasteiger partial charge in [-0.15, -0.1) is 0 Å². The van der Waals surface area contributed by atoms with E-state index in [9.17, 15) is 4.79 Å². The number of nitrogens with zero attached hydrogens (tertiary/aromatic N) is 1. The second kappa shape index (κ2) is 6.23. The molecule has 1 amide bonds. The lowest BCUT2D eigenvalue weighted by molar-refractivity contribution is -0.120. The molecule has 1 fully saturated rings. The van der Waals surface area contributed by atoms with Crippen LogP contribution in [0.4, 0.5) is 11.4 Å². The van der Waals surface area contributed by atoms with Crippen LogP contribution in [0.1, 0.15) is 6.92 Å². The monoisotopic (exact) mass is 282 g/mol. The van der Waals surface area contributed by atoms with E-state index in [4.69, 9.17) is 17.3 Å². The summed E-state index contributed by atoms with van der Waals surface area (Å²) in [6.45, 7) is 5.50. The predicted octanol–water partition coefficient (Wildman–Crippen LogP) is 1.15. The third-order valence-electron chi connectivity index (χ3n) is 3.33. The van der Waals surface area contributed by atoms with Gasteiger partial charge in [0, 0.05) is 31.9 Å². The van der Waals surface area contributed by atoms with Crippen LogP contribution in [0.3, 0.4) is 0 Å². The SMILES string of the molecule is CC(C(=O)Nc1ccc(N)cc1Cl)N1CCNCC1. The van der Waals surface area contributed by atoms with Crippen LogP contribution in [-0.2, 0) is 4.79 Å². The van der Waals surface area contributed by atoms with Crippen LogP contribution >= 0.6 is 11.6 Å². The lowest BCUT2D eigenvalue weighted by atomic mass is 10.2. The zero-order valence-electron chi connectivity index (χ0n) is 10.9. The van der Waals surface area contributed by atoms with Crippen molar-refractivity contribution in [3.63, 3.8) is 0 Å². The fraction of sp³-hybridized carbons (Fsp3) is 0.462. The van der Waals surface area contributed by atoms with Gasteiger partial charge >= 0.3 is 0 Å². The summed E-state index contributed by atoms with van der Waals surface area (Å²) >= 11 is 6.05. The van der Waals surface area contributed by atoms with Crippen molar-refractivity contribution in [3.8, 4) is 0 Å². The Hall–Kier alpha value is -1.30. The highest BCUT2D eigenvalue weighted by Gasteiger charge is 2.23. The normalized spacial score (nSPS) is 18.0. The van der Waals surface area contributed by atoms with E-state index in [0.29, 0.717) is 16.4 Å². The molecule has 0 spiro atoms. The number of nitrogen functional groups attached to an aromatic ring is 1. The molecule has 1 saturated heterocycles.